The van der Waals surface area contributed by atoms with Gasteiger partial charge in [-0.3, -0.25) is 0 Å². The summed E-state index contributed by atoms with van der Waals surface area (Å²) < 4.78 is 11.3. The predicted molar refractivity (Wildman–Crippen MR) is 111 cm³/mol. The van der Waals surface area contributed by atoms with Gasteiger partial charge in [-0.2, -0.15) is 0 Å². The third-order valence-corrected chi connectivity index (χ3v) is 5.08. The molecular weight excluding hydrogens is 348 g/mol. The van der Waals surface area contributed by atoms with Gasteiger partial charge in [-0.15, -0.1) is 0 Å². The van der Waals surface area contributed by atoms with E-state index in [2.05, 4.69) is 38.6 Å². The van der Waals surface area contributed by atoms with E-state index in [1.54, 1.807) is 6.07 Å². The first-order valence-corrected chi connectivity index (χ1v) is 9.33. The van der Waals surface area contributed by atoms with Gasteiger partial charge in [0.1, 0.15) is 11.5 Å². The molecular formula is C25H22O3. The Morgan fingerprint density at radius 3 is 2.50 bits per heavy atom. The third-order valence-electron chi connectivity index (χ3n) is 5.08. The Hall–Kier alpha value is -3.33. The molecule has 140 valence electrons. The summed E-state index contributed by atoms with van der Waals surface area (Å²) in [6.07, 6.45) is 0. The van der Waals surface area contributed by atoms with E-state index >= 15 is 0 Å². The number of esters is 1. The van der Waals surface area contributed by atoms with E-state index in [9.17, 15) is 4.79 Å². The van der Waals surface area contributed by atoms with Crippen LogP contribution >= 0.6 is 0 Å². The van der Waals surface area contributed by atoms with Crippen molar-refractivity contribution >= 4 is 18.1 Å². The highest BCUT2D eigenvalue weighted by Gasteiger charge is 2.24. The van der Waals surface area contributed by atoms with Gasteiger partial charge in [0.15, 0.2) is 0 Å². The fourth-order valence-electron chi connectivity index (χ4n) is 3.59. The topological polar surface area (TPSA) is 35.5 Å². The summed E-state index contributed by atoms with van der Waals surface area (Å²) >= 11 is 0. The Bertz CT molecular complexity index is 1190. The van der Waals surface area contributed by atoms with Crippen molar-refractivity contribution in [2.24, 2.45) is 0 Å². The zero-order chi connectivity index (χ0) is 19.8. The van der Waals surface area contributed by atoms with Gasteiger partial charge in [-0.1, -0.05) is 62.9 Å². The van der Waals surface area contributed by atoms with E-state index < -0.39 is 0 Å². The van der Waals surface area contributed by atoms with Crippen molar-refractivity contribution < 1.29 is 14.3 Å². The van der Waals surface area contributed by atoms with Gasteiger partial charge >= 0.3 is 5.97 Å². The van der Waals surface area contributed by atoms with E-state index in [1.807, 2.05) is 36.4 Å². The predicted octanol–water partition coefficient (Wildman–Crippen LogP) is 4.36. The summed E-state index contributed by atoms with van der Waals surface area (Å²) in [7, 11) is 1.40. The van der Waals surface area contributed by atoms with Gasteiger partial charge in [0.05, 0.1) is 12.7 Å². The van der Waals surface area contributed by atoms with Crippen LogP contribution in [-0.4, -0.2) is 13.1 Å². The highest BCUT2D eigenvalue weighted by molar-refractivity contribution is 5.99. The van der Waals surface area contributed by atoms with Crippen molar-refractivity contribution in [2.45, 2.75) is 19.8 Å². The normalized spacial score (nSPS) is 12.2. The van der Waals surface area contributed by atoms with Crippen LogP contribution in [0.5, 0.6) is 11.5 Å². The van der Waals surface area contributed by atoms with Gasteiger partial charge in [-0.05, 0) is 40.5 Å². The number of ether oxygens (including phenoxy) is 2. The number of hydrogen-bond donors (Lipinski definition) is 0. The lowest BCUT2D eigenvalue weighted by Gasteiger charge is -2.23. The molecule has 0 aliphatic carbocycles. The van der Waals surface area contributed by atoms with E-state index in [0.29, 0.717) is 11.5 Å². The Morgan fingerprint density at radius 1 is 0.964 bits per heavy atom. The van der Waals surface area contributed by atoms with Crippen LogP contribution in [0.15, 0.2) is 60.7 Å². The summed E-state index contributed by atoms with van der Waals surface area (Å²) in [6.45, 7) is 8.34. The molecule has 0 aromatic heterocycles. The Morgan fingerprint density at radius 2 is 1.75 bits per heavy atom. The van der Waals surface area contributed by atoms with Crippen molar-refractivity contribution in [3.05, 3.63) is 93.4 Å². The molecule has 3 nitrogen and oxygen atoms in total. The average molecular weight is 370 g/mol. The van der Waals surface area contributed by atoms with Crippen LogP contribution in [-0.2, 0) is 4.74 Å². The molecule has 0 bridgehead atoms. The molecule has 0 amide bonds. The minimum absolute atomic E-state index is 0.356. The molecule has 3 heteroatoms. The number of benzene rings is 3. The molecule has 0 radical (unpaired) electrons. The quantitative estimate of drug-likeness (QED) is 0.503. The monoisotopic (exact) mass is 370 g/mol. The van der Waals surface area contributed by atoms with Gasteiger partial charge in [0.25, 0.3) is 0 Å². The molecule has 0 fully saturated rings. The van der Waals surface area contributed by atoms with Crippen LogP contribution in [0.25, 0.3) is 12.2 Å². The molecule has 3 aromatic carbocycles. The zero-order valence-corrected chi connectivity index (χ0v) is 16.3. The van der Waals surface area contributed by atoms with E-state index in [1.165, 1.54) is 12.7 Å². The van der Waals surface area contributed by atoms with E-state index in [0.717, 1.165) is 38.6 Å². The summed E-state index contributed by atoms with van der Waals surface area (Å²) in [5.41, 5.74) is 4.49. The maximum Gasteiger partial charge on any atom is 0.338 e. The second-order valence-electron chi connectivity index (χ2n) is 7.26. The molecule has 0 N–H and O–H groups in total. The van der Waals surface area contributed by atoms with Crippen LogP contribution in [0, 0.1) is 0 Å². The van der Waals surface area contributed by atoms with E-state index in [-0.39, 0.29) is 5.97 Å². The molecule has 0 spiro atoms. The Kier molecular flexibility index (Phi) is 4.52. The standard InChI is InChI=1S/C25H22O3/c1-15(2)17-10-12-21-23(14-17)28-22-13-16(3)9-11-20(22)24(21)18-7-5-6-8-19(18)25(26)27-4/h5-15H,3H2,1-2,4H3. The smallest absolute Gasteiger partial charge is 0.338 e. The van der Waals surface area contributed by atoms with Crippen LogP contribution in [0.4, 0.5) is 0 Å². The Balaban J connectivity index is 2.09. The SMILES string of the molecule is C=c1ccc2c(c1)Oc1cc(C(C)C)ccc1C=2c1ccccc1C(=O)OC. The van der Waals surface area contributed by atoms with Crippen molar-refractivity contribution in [1.29, 1.82) is 0 Å². The summed E-state index contributed by atoms with van der Waals surface area (Å²) in [5.74, 6) is 1.57. The highest BCUT2D eigenvalue weighted by atomic mass is 16.5. The Labute approximate surface area is 164 Å². The second-order valence-corrected chi connectivity index (χ2v) is 7.26. The lowest BCUT2D eigenvalue weighted by atomic mass is 9.88. The zero-order valence-electron chi connectivity index (χ0n) is 16.3. The number of hydrogen-bond acceptors (Lipinski definition) is 3. The van der Waals surface area contributed by atoms with Crippen molar-refractivity contribution in [3.63, 3.8) is 0 Å². The number of fused-ring (bicyclic) bond motifs is 2. The van der Waals surface area contributed by atoms with E-state index in [4.69, 9.17) is 9.47 Å². The first-order chi connectivity index (χ1) is 13.5. The second kappa shape index (κ2) is 7.01. The lowest BCUT2D eigenvalue weighted by Crippen LogP contribution is -2.21. The number of carbonyl (C=O) groups is 1. The summed E-state index contributed by atoms with van der Waals surface area (Å²) in [4.78, 5) is 12.4. The van der Waals surface area contributed by atoms with Crippen molar-refractivity contribution in [2.75, 3.05) is 7.11 Å². The maximum atomic E-state index is 12.4. The van der Waals surface area contributed by atoms with Gasteiger partial charge < -0.3 is 9.47 Å². The number of carbonyl (C=O) groups excluding carboxylic acids is 1. The average Bonchev–Trinajstić information content (AvgIpc) is 2.70. The first kappa shape index (κ1) is 18.1. The van der Waals surface area contributed by atoms with Crippen LogP contribution in [0.3, 0.4) is 0 Å². The molecule has 0 saturated heterocycles. The molecule has 0 saturated carbocycles. The maximum absolute atomic E-state index is 12.4. The molecule has 28 heavy (non-hydrogen) atoms. The van der Waals surface area contributed by atoms with Crippen molar-refractivity contribution in [3.8, 4) is 11.5 Å². The molecule has 1 heterocycles. The largest absolute Gasteiger partial charge is 0.465 e. The fourth-order valence-corrected chi connectivity index (χ4v) is 3.59. The molecule has 3 aromatic rings. The third kappa shape index (κ3) is 2.99. The first-order valence-electron chi connectivity index (χ1n) is 9.33. The lowest BCUT2D eigenvalue weighted by molar-refractivity contribution is 0.0600. The van der Waals surface area contributed by atoms with Crippen LogP contribution in [0.1, 0.15) is 46.8 Å². The molecule has 0 unspecified atom stereocenters. The minimum Gasteiger partial charge on any atom is -0.465 e. The molecule has 4 rings (SSSR count). The highest BCUT2D eigenvalue weighted by Crippen LogP contribution is 2.38. The van der Waals surface area contributed by atoms with Gasteiger partial charge in [0.2, 0.25) is 0 Å². The van der Waals surface area contributed by atoms with Gasteiger partial charge in [0, 0.05) is 16.4 Å². The van der Waals surface area contributed by atoms with Crippen LogP contribution in [0.2, 0.25) is 0 Å². The minimum atomic E-state index is -0.356. The number of rotatable bonds is 3. The van der Waals surface area contributed by atoms with Crippen LogP contribution < -0.4 is 15.2 Å². The fraction of sp³-hybridized carbons (Fsp3) is 0.160. The molecule has 1 aliphatic heterocycles. The summed E-state index contributed by atoms with van der Waals surface area (Å²) in [6, 6.07) is 19.7. The summed E-state index contributed by atoms with van der Waals surface area (Å²) in [5, 5.41) is 1.82. The van der Waals surface area contributed by atoms with Crippen molar-refractivity contribution in [1.82, 2.24) is 0 Å². The molecule has 1 aliphatic rings. The molecule has 0 atom stereocenters. The van der Waals surface area contributed by atoms with Gasteiger partial charge in [-0.25, -0.2) is 4.79 Å². The number of methoxy groups -OCH3 is 1.